The second-order valence-corrected chi connectivity index (χ2v) is 13.1. The van der Waals surface area contributed by atoms with Crippen LogP contribution in [0.4, 0.5) is 5.13 Å². The van der Waals surface area contributed by atoms with Crippen molar-refractivity contribution in [2.45, 2.75) is 63.5 Å². The van der Waals surface area contributed by atoms with Gasteiger partial charge in [-0.2, -0.15) is 0 Å². The standard InChI is InChI=1S/C31H41N5O4S/c1-3-6-21-16-36(27-25(37)17-40-28(21)27)30(39)26(19-7-4-5-8-19)23-15-20(9-10-22(23)29(32)38)24-18-41-31(33-24)35-13-11-34(2)12-14-35/h9-10,15,18-19,21,26-28H,3-8,11-14,16-17H2,1-2H3,(H2,32,38)/t21-,26+,27-,28-/m1/s1. The number of rotatable bonds is 8. The lowest BCUT2D eigenvalue weighted by molar-refractivity contribution is -0.138. The van der Waals surface area contributed by atoms with Gasteiger partial charge in [0.25, 0.3) is 0 Å². The molecule has 9 nitrogen and oxygen atoms in total. The summed E-state index contributed by atoms with van der Waals surface area (Å²) >= 11 is 1.62. The Morgan fingerprint density at radius 1 is 1.17 bits per heavy atom. The number of Topliss-reactive ketones (excluding diaryl/α,β-unsaturated/α-hetero) is 1. The Hall–Kier alpha value is -2.82. The Balaban J connectivity index is 1.36. The van der Waals surface area contributed by atoms with Crippen LogP contribution in [-0.2, 0) is 14.3 Å². The number of carbonyl (C=O) groups excluding carboxylic acids is 3. The number of benzene rings is 1. The van der Waals surface area contributed by atoms with Gasteiger partial charge in [-0.05, 0) is 49.9 Å². The molecule has 41 heavy (non-hydrogen) atoms. The molecule has 2 N–H and O–H groups in total. The molecule has 6 rings (SSSR count). The Morgan fingerprint density at radius 3 is 2.63 bits per heavy atom. The molecule has 0 radical (unpaired) electrons. The molecule has 2 aromatic rings. The van der Waals surface area contributed by atoms with E-state index in [1.807, 2.05) is 12.1 Å². The number of amides is 2. The maximum absolute atomic E-state index is 14.6. The number of ether oxygens (including phenoxy) is 1. The molecule has 4 aliphatic rings. The molecule has 3 saturated heterocycles. The third-order valence-corrected chi connectivity index (χ3v) is 10.5. The van der Waals surface area contributed by atoms with Gasteiger partial charge in [0.2, 0.25) is 11.8 Å². The van der Waals surface area contributed by atoms with Crippen LogP contribution in [0.3, 0.4) is 0 Å². The third-order valence-electron chi connectivity index (χ3n) is 9.58. The first kappa shape index (κ1) is 28.3. The van der Waals surface area contributed by atoms with Gasteiger partial charge in [-0.25, -0.2) is 4.98 Å². The highest BCUT2D eigenvalue weighted by Crippen LogP contribution is 2.44. The van der Waals surface area contributed by atoms with Crippen molar-refractivity contribution >= 4 is 34.1 Å². The maximum Gasteiger partial charge on any atom is 0.249 e. The highest BCUT2D eigenvalue weighted by Gasteiger charge is 2.53. The second-order valence-electron chi connectivity index (χ2n) is 12.2. The lowest BCUT2D eigenvalue weighted by Crippen LogP contribution is -2.45. The SMILES string of the molecule is CCC[C@@H]1CN(C(=O)[C@H](c2cc(-c3csc(N4CCN(C)CC4)n3)ccc2C(N)=O)C2CCCC2)[C@@H]2C(=O)CO[C@H]12. The van der Waals surface area contributed by atoms with Gasteiger partial charge >= 0.3 is 0 Å². The predicted molar refractivity (Wildman–Crippen MR) is 159 cm³/mol. The lowest BCUT2D eigenvalue weighted by atomic mass is 9.80. The number of primary amides is 1. The molecule has 3 aliphatic heterocycles. The van der Waals surface area contributed by atoms with E-state index in [9.17, 15) is 14.4 Å². The van der Waals surface area contributed by atoms with Crippen LogP contribution in [0.1, 0.15) is 67.3 Å². The van der Waals surface area contributed by atoms with Crippen LogP contribution in [0, 0.1) is 11.8 Å². The molecule has 0 bridgehead atoms. The molecule has 0 spiro atoms. The smallest absolute Gasteiger partial charge is 0.249 e. The van der Waals surface area contributed by atoms with E-state index in [-0.39, 0.29) is 36.2 Å². The van der Waals surface area contributed by atoms with Gasteiger partial charge in [-0.3, -0.25) is 14.4 Å². The number of fused-ring (bicyclic) bond motifs is 1. The molecule has 1 saturated carbocycles. The van der Waals surface area contributed by atoms with Gasteiger partial charge < -0.3 is 25.2 Å². The monoisotopic (exact) mass is 579 g/mol. The van der Waals surface area contributed by atoms with Crippen LogP contribution in [0.25, 0.3) is 11.3 Å². The number of likely N-dealkylation sites (tertiary alicyclic amines) is 1. The van der Waals surface area contributed by atoms with Crippen molar-refractivity contribution in [3.63, 3.8) is 0 Å². The van der Waals surface area contributed by atoms with Crippen LogP contribution in [0.15, 0.2) is 23.6 Å². The summed E-state index contributed by atoms with van der Waals surface area (Å²) in [6, 6.07) is 5.08. The Kier molecular flexibility index (Phi) is 8.16. The number of anilines is 1. The minimum Gasteiger partial charge on any atom is -0.367 e. The molecule has 4 heterocycles. The van der Waals surface area contributed by atoms with E-state index in [1.54, 1.807) is 22.3 Å². The quantitative estimate of drug-likeness (QED) is 0.510. The fourth-order valence-electron chi connectivity index (χ4n) is 7.41. The molecular formula is C31H41N5O4S. The predicted octanol–water partition coefficient (Wildman–Crippen LogP) is 3.53. The van der Waals surface area contributed by atoms with Crippen molar-refractivity contribution in [3.8, 4) is 11.3 Å². The van der Waals surface area contributed by atoms with Crippen molar-refractivity contribution in [2.24, 2.45) is 17.6 Å². The fourth-order valence-corrected chi connectivity index (χ4v) is 8.30. The Morgan fingerprint density at radius 2 is 1.93 bits per heavy atom. The number of piperazine rings is 1. The Labute approximate surface area is 246 Å². The van der Waals surface area contributed by atoms with Gasteiger partial charge in [0.05, 0.1) is 17.7 Å². The van der Waals surface area contributed by atoms with Crippen LogP contribution in [-0.4, -0.2) is 90.9 Å². The summed E-state index contributed by atoms with van der Waals surface area (Å²) in [4.78, 5) is 51.7. The number of aromatic nitrogens is 1. The van der Waals surface area contributed by atoms with Gasteiger partial charge in [0.1, 0.15) is 12.6 Å². The van der Waals surface area contributed by atoms with Gasteiger partial charge in [0, 0.05) is 55.1 Å². The van der Waals surface area contributed by atoms with Crippen molar-refractivity contribution in [3.05, 3.63) is 34.7 Å². The third kappa shape index (κ3) is 5.42. The molecule has 2 amide bonds. The van der Waals surface area contributed by atoms with Gasteiger partial charge in [-0.15, -0.1) is 11.3 Å². The normalized spacial score (nSPS) is 26.1. The number of hydrogen-bond acceptors (Lipinski definition) is 8. The zero-order valence-corrected chi connectivity index (χ0v) is 24.9. The summed E-state index contributed by atoms with van der Waals surface area (Å²) in [5, 5.41) is 3.04. The maximum atomic E-state index is 14.6. The average Bonchev–Trinajstić information content (AvgIpc) is 3.77. The molecule has 4 fully saturated rings. The van der Waals surface area contributed by atoms with Crippen LogP contribution in [0.5, 0.6) is 0 Å². The van der Waals surface area contributed by atoms with Crippen molar-refractivity contribution in [1.82, 2.24) is 14.8 Å². The largest absolute Gasteiger partial charge is 0.367 e. The first-order valence-electron chi connectivity index (χ1n) is 15.1. The van der Waals surface area contributed by atoms with E-state index < -0.39 is 17.9 Å². The molecule has 0 unspecified atom stereocenters. The molecule has 1 aliphatic carbocycles. The molecular weight excluding hydrogens is 538 g/mol. The van der Waals surface area contributed by atoms with Crippen LogP contribution in [0.2, 0.25) is 0 Å². The molecule has 1 aromatic carbocycles. The van der Waals surface area contributed by atoms with E-state index in [0.717, 1.165) is 81.1 Å². The zero-order valence-electron chi connectivity index (χ0n) is 24.1. The van der Waals surface area contributed by atoms with Crippen LogP contribution < -0.4 is 10.6 Å². The summed E-state index contributed by atoms with van der Waals surface area (Å²) < 4.78 is 5.91. The first-order chi connectivity index (χ1) is 19.9. The number of carbonyl (C=O) groups is 3. The van der Waals surface area contributed by atoms with Gasteiger partial charge in [-0.1, -0.05) is 32.3 Å². The van der Waals surface area contributed by atoms with E-state index in [1.165, 1.54) is 0 Å². The number of nitrogens with two attached hydrogens (primary N) is 1. The lowest BCUT2D eigenvalue weighted by Gasteiger charge is -2.32. The Bertz CT molecular complexity index is 1300. The van der Waals surface area contributed by atoms with Crippen molar-refractivity contribution < 1.29 is 19.1 Å². The number of ketones is 1. The summed E-state index contributed by atoms with van der Waals surface area (Å²) in [6.45, 7) is 6.58. The van der Waals surface area contributed by atoms with E-state index in [0.29, 0.717) is 17.7 Å². The number of hydrogen-bond donors (Lipinski definition) is 1. The molecule has 10 heteroatoms. The summed E-state index contributed by atoms with van der Waals surface area (Å²) in [7, 11) is 2.14. The van der Waals surface area contributed by atoms with E-state index in [4.69, 9.17) is 15.5 Å². The fraction of sp³-hybridized carbons (Fsp3) is 0.613. The second kappa shape index (κ2) is 11.8. The highest BCUT2D eigenvalue weighted by atomic mass is 32.1. The topological polar surface area (TPSA) is 109 Å². The van der Waals surface area contributed by atoms with Gasteiger partial charge in [0.15, 0.2) is 10.9 Å². The minimum absolute atomic E-state index is 0.0186. The number of thiazole rings is 1. The van der Waals surface area contributed by atoms with E-state index in [2.05, 4.69) is 29.2 Å². The summed E-state index contributed by atoms with van der Waals surface area (Å²) in [5.41, 5.74) is 8.67. The average molecular weight is 580 g/mol. The summed E-state index contributed by atoms with van der Waals surface area (Å²) in [5.74, 6) is -0.925. The molecule has 220 valence electrons. The summed E-state index contributed by atoms with van der Waals surface area (Å²) in [6.07, 6.45) is 5.56. The zero-order chi connectivity index (χ0) is 28.7. The number of likely N-dealkylation sites (N-methyl/N-ethyl adjacent to an activating group) is 1. The van der Waals surface area contributed by atoms with Crippen LogP contribution >= 0.6 is 11.3 Å². The van der Waals surface area contributed by atoms with Crippen molar-refractivity contribution in [2.75, 3.05) is 51.3 Å². The highest BCUT2D eigenvalue weighted by molar-refractivity contribution is 7.14. The van der Waals surface area contributed by atoms with Crippen molar-refractivity contribution in [1.29, 1.82) is 0 Å². The molecule has 1 aromatic heterocycles. The van der Waals surface area contributed by atoms with E-state index >= 15 is 0 Å². The molecule has 4 atom stereocenters. The number of nitrogens with zero attached hydrogens (tertiary/aromatic N) is 4. The minimum atomic E-state index is -0.540. The first-order valence-corrected chi connectivity index (χ1v) is 16.0.